The molecular weight excluding hydrogens is 438 g/mol. The zero-order chi connectivity index (χ0) is 25.5. The highest BCUT2D eigenvalue weighted by Gasteiger charge is 2.41. The molecule has 0 aromatic carbocycles. The highest BCUT2D eigenvalue weighted by molar-refractivity contribution is 6.37. The molecule has 0 aromatic rings. The Morgan fingerprint density at radius 2 is 1.62 bits per heavy atom. The van der Waals surface area contributed by atoms with Crippen LogP contribution < -0.4 is 21.7 Å². The number of nitrogens with one attached hydrogen (secondary N) is 3. The Morgan fingerprint density at radius 3 is 2.18 bits per heavy atom. The van der Waals surface area contributed by atoms with Crippen molar-refractivity contribution in [2.24, 2.45) is 11.7 Å². The Kier molecular flexibility index (Phi) is 9.88. The first kappa shape index (κ1) is 27.6. The Bertz CT molecular complexity index is 772. The van der Waals surface area contributed by atoms with Crippen molar-refractivity contribution < 1.29 is 24.0 Å². The molecule has 5 amide bonds. The van der Waals surface area contributed by atoms with Crippen LogP contribution in [0.25, 0.3) is 0 Å². The fraction of sp³-hybridized carbons (Fsp3) is 0.792. The third-order valence-corrected chi connectivity index (χ3v) is 6.45. The fourth-order valence-corrected chi connectivity index (χ4v) is 4.85. The molecule has 2 aliphatic rings. The number of ketones is 1. The molecule has 0 spiro atoms. The molecule has 0 aromatic heterocycles. The van der Waals surface area contributed by atoms with E-state index in [1.165, 1.54) is 4.90 Å². The number of amides is 5. The molecule has 2 fully saturated rings. The van der Waals surface area contributed by atoms with Gasteiger partial charge in [-0.05, 0) is 58.8 Å². The number of hydrogen-bond donors (Lipinski definition) is 4. The molecule has 2 rings (SSSR count). The van der Waals surface area contributed by atoms with Gasteiger partial charge in [-0.3, -0.25) is 19.2 Å². The lowest BCUT2D eigenvalue weighted by molar-refractivity contribution is -0.143. The predicted octanol–water partition coefficient (Wildman–Crippen LogP) is 1.36. The number of carbonyl (C=O) groups excluding carboxylic acids is 5. The Labute approximate surface area is 202 Å². The van der Waals surface area contributed by atoms with E-state index in [1.54, 1.807) is 0 Å². The maximum Gasteiger partial charge on any atom is 0.315 e. The first-order chi connectivity index (χ1) is 15.9. The van der Waals surface area contributed by atoms with Gasteiger partial charge in [0, 0.05) is 12.1 Å². The van der Waals surface area contributed by atoms with Crippen LogP contribution in [0.2, 0.25) is 0 Å². The van der Waals surface area contributed by atoms with E-state index < -0.39 is 47.3 Å². The molecule has 0 bridgehead atoms. The highest BCUT2D eigenvalue weighted by Crippen LogP contribution is 2.29. The van der Waals surface area contributed by atoms with Crippen molar-refractivity contribution in [2.75, 3.05) is 6.54 Å². The molecule has 1 saturated heterocycles. The van der Waals surface area contributed by atoms with E-state index in [2.05, 4.69) is 16.0 Å². The largest absolute Gasteiger partial charge is 0.363 e. The number of nitrogens with zero attached hydrogens (tertiary/aromatic N) is 1. The van der Waals surface area contributed by atoms with Gasteiger partial charge in [-0.2, -0.15) is 0 Å². The lowest BCUT2D eigenvalue weighted by Gasteiger charge is -2.35. The van der Waals surface area contributed by atoms with Crippen LogP contribution >= 0.6 is 0 Å². The third-order valence-electron chi connectivity index (χ3n) is 6.45. The smallest absolute Gasteiger partial charge is 0.315 e. The average molecular weight is 480 g/mol. The van der Waals surface area contributed by atoms with Crippen LogP contribution in [0.4, 0.5) is 4.79 Å². The summed E-state index contributed by atoms with van der Waals surface area (Å²) in [5.41, 5.74) is 4.68. The number of rotatable bonds is 9. The Morgan fingerprint density at radius 1 is 0.971 bits per heavy atom. The Hall–Kier alpha value is -2.65. The van der Waals surface area contributed by atoms with Crippen molar-refractivity contribution in [1.82, 2.24) is 20.9 Å². The lowest BCUT2D eigenvalue weighted by atomic mass is 9.83. The van der Waals surface area contributed by atoms with Crippen molar-refractivity contribution in [3.8, 4) is 0 Å². The van der Waals surface area contributed by atoms with Gasteiger partial charge < -0.3 is 26.6 Å². The second-order valence-corrected chi connectivity index (χ2v) is 10.5. The van der Waals surface area contributed by atoms with Crippen LogP contribution in [0.1, 0.15) is 85.5 Å². The summed E-state index contributed by atoms with van der Waals surface area (Å²) < 4.78 is 0. The van der Waals surface area contributed by atoms with Crippen molar-refractivity contribution in [2.45, 2.75) is 109 Å². The van der Waals surface area contributed by atoms with Crippen LogP contribution in [0.3, 0.4) is 0 Å². The minimum absolute atomic E-state index is 0.000517. The van der Waals surface area contributed by atoms with Crippen molar-refractivity contribution in [3.63, 3.8) is 0 Å². The molecule has 1 aliphatic heterocycles. The zero-order valence-electron chi connectivity index (χ0n) is 20.9. The van der Waals surface area contributed by atoms with Gasteiger partial charge in [-0.15, -0.1) is 0 Å². The van der Waals surface area contributed by atoms with Gasteiger partial charge in [-0.25, -0.2) is 4.79 Å². The first-order valence-electron chi connectivity index (χ1n) is 12.5. The number of nitrogens with two attached hydrogens (primary N) is 1. The van der Waals surface area contributed by atoms with E-state index in [0.717, 1.165) is 32.1 Å². The molecule has 34 heavy (non-hydrogen) atoms. The predicted molar refractivity (Wildman–Crippen MR) is 128 cm³/mol. The normalized spacial score (nSPS) is 20.8. The third kappa shape index (κ3) is 7.70. The van der Waals surface area contributed by atoms with E-state index in [-0.39, 0.29) is 18.2 Å². The molecule has 192 valence electrons. The monoisotopic (exact) mass is 479 g/mol. The second kappa shape index (κ2) is 12.2. The number of carbonyl (C=O) groups is 5. The van der Waals surface area contributed by atoms with Gasteiger partial charge in [0.1, 0.15) is 12.1 Å². The van der Waals surface area contributed by atoms with Crippen LogP contribution in [-0.2, 0) is 19.2 Å². The zero-order valence-corrected chi connectivity index (χ0v) is 20.9. The topological polar surface area (TPSA) is 151 Å². The van der Waals surface area contributed by atoms with Crippen LogP contribution in [0.5, 0.6) is 0 Å². The lowest BCUT2D eigenvalue weighted by Crippen LogP contribution is -2.59. The standard InChI is InChI=1S/C24H41N5O5/c1-5-10-16(19(30)20(25)31)26-21(32)17-13-9-14-29(17)22(33)18(15-11-7-6-8-12-15)27-23(34)28-24(2,3)4/h15-18H,5-14H2,1-4H3,(H2,25,31)(H,26,32)(H2,27,28,34)/t16?,17-,18?/m0/s1. The summed E-state index contributed by atoms with van der Waals surface area (Å²) >= 11 is 0. The summed E-state index contributed by atoms with van der Waals surface area (Å²) in [5, 5.41) is 8.37. The van der Waals surface area contributed by atoms with Crippen LogP contribution in [-0.4, -0.2) is 64.6 Å². The molecule has 10 heteroatoms. The maximum atomic E-state index is 13.7. The summed E-state index contributed by atoms with van der Waals surface area (Å²) in [6, 6.07) is -2.90. The summed E-state index contributed by atoms with van der Waals surface area (Å²) in [4.78, 5) is 64.4. The summed E-state index contributed by atoms with van der Waals surface area (Å²) in [5.74, 6) is -2.68. The van der Waals surface area contributed by atoms with Crippen molar-refractivity contribution in [1.29, 1.82) is 0 Å². The second-order valence-electron chi connectivity index (χ2n) is 10.5. The number of urea groups is 1. The fourth-order valence-electron chi connectivity index (χ4n) is 4.85. The van der Waals surface area contributed by atoms with Gasteiger partial charge in [0.15, 0.2) is 0 Å². The molecule has 5 N–H and O–H groups in total. The molecule has 0 radical (unpaired) electrons. The highest BCUT2D eigenvalue weighted by atomic mass is 16.2. The Balaban J connectivity index is 2.18. The molecular formula is C24H41N5O5. The average Bonchev–Trinajstić information content (AvgIpc) is 3.25. The van der Waals surface area contributed by atoms with E-state index in [4.69, 9.17) is 5.73 Å². The molecule has 1 saturated carbocycles. The quantitative estimate of drug-likeness (QED) is 0.368. The van der Waals surface area contributed by atoms with Gasteiger partial charge in [0.2, 0.25) is 17.6 Å². The minimum atomic E-state index is -1.09. The van der Waals surface area contributed by atoms with E-state index >= 15 is 0 Å². The van der Waals surface area contributed by atoms with Crippen molar-refractivity contribution >= 4 is 29.5 Å². The van der Waals surface area contributed by atoms with Gasteiger partial charge in [0.05, 0.1) is 6.04 Å². The number of primary amides is 1. The van der Waals surface area contributed by atoms with E-state index in [9.17, 15) is 24.0 Å². The number of likely N-dealkylation sites (tertiary alicyclic amines) is 1. The summed E-state index contributed by atoms with van der Waals surface area (Å²) in [6.07, 6.45) is 6.72. The number of Topliss-reactive ketones (excluding diaryl/α,β-unsaturated/α-hetero) is 1. The van der Waals surface area contributed by atoms with Crippen LogP contribution in [0, 0.1) is 5.92 Å². The first-order valence-corrected chi connectivity index (χ1v) is 12.5. The van der Waals surface area contributed by atoms with Gasteiger partial charge in [-0.1, -0.05) is 32.6 Å². The number of hydrogen-bond acceptors (Lipinski definition) is 5. The minimum Gasteiger partial charge on any atom is -0.363 e. The van der Waals surface area contributed by atoms with E-state index in [1.807, 2.05) is 27.7 Å². The van der Waals surface area contributed by atoms with Gasteiger partial charge >= 0.3 is 6.03 Å². The SMILES string of the molecule is CCCC(NC(=O)[C@@H]1CCCN1C(=O)C(NC(=O)NC(C)(C)C)C1CCCCC1)C(=O)C(N)=O. The van der Waals surface area contributed by atoms with Crippen molar-refractivity contribution in [3.05, 3.63) is 0 Å². The van der Waals surface area contributed by atoms with Crippen LogP contribution in [0.15, 0.2) is 0 Å². The van der Waals surface area contributed by atoms with Gasteiger partial charge in [0.25, 0.3) is 5.91 Å². The molecule has 3 atom stereocenters. The summed E-state index contributed by atoms with van der Waals surface area (Å²) in [7, 11) is 0. The molecule has 10 nitrogen and oxygen atoms in total. The molecule has 1 aliphatic carbocycles. The van der Waals surface area contributed by atoms with E-state index in [0.29, 0.717) is 25.8 Å². The molecule has 1 heterocycles. The maximum absolute atomic E-state index is 13.7. The summed E-state index contributed by atoms with van der Waals surface area (Å²) in [6.45, 7) is 7.83. The molecule has 2 unspecified atom stereocenters.